The van der Waals surface area contributed by atoms with Crippen LogP contribution in [0.25, 0.3) is 0 Å². The van der Waals surface area contributed by atoms with E-state index in [1.54, 1.807) is 7.11 Å². The van der Waals surface area contributed by atoms with Gasteiger partial charge in [-0.25, -0.2) is 13.1 Å². The van der Waals surface area contributed by atoms with Crippen molar-refractivity contribution < 1.29 is 13.2 Å². The van der Waals surface area contributed by atoms with Gasteiger partial charge in [0.25, 0.3) is 0 Å². The molecule has 1 aliphatic heterocycles. The molecule has 0 spiro atoms. The van der Waals surface area contributed by atoms with Crippen LogP contribution >= 0.6 is 0 Å². The summed E-state index contributed by atoms with van der Waals surface area (Å²) in [6.07, 6.45) is 11.0. The van der Waals surface area contributed by atoms with Crippen molar-refractivity contribution in [3.8, 4) is 0 Å². The second kappa shape index (κ2) is 8.08. The molecule has 1 N–H and O–H groups in total. The molecule has 2 rings (SSSR count). The Balaban J connectivity index is 1.93. The molecule has 0 aromatic rings. The SMILES string of the molecule is COCCC1(CN2CCC[C@@H](NS(C)(=O)=O)C2)CCCCC1. The summed E-state index contributed by atoms with van der Waals surface area (Å²) < 4.78 is 31.0. The third kappa shape index (κ3) is 5.80. The first-order valence-electron chi connectivity index (χ1n) is 8.61. The smallest absolute Gasteiger partial charge is 0.208 e. The number of nitrogens with zero attached hydrogens (tertiary/aromatic N) is 1. The number of nitrogens with one attached hydrogen (secondary N) is 1. The van der Waals surface area contributed by atoms with E-state index in [-0.39, 0.29) is 6.04 Å². The summed E-state index contributed by atoms with van der Waals surface area (Å²) in [6, 6.07) is 0.0758. The maximum atomic E-state index is 11.5. The molecule has 1 saturated carbocycles. The van der Waals surface area contributed by atoms with Crippen LogP contribution in [-0.2, 0) is 14.8 Å². The van der Waals surface area contributed by atoms with Crippen molar-refractivity contribution in [2.75, 3.05) is 39.6 Å². The van der Waals surface area contributed by atoms with Gasteiger partial charge in [-0.1, -0.05) is 19.3 Å². The summed E-state index contributed by atoms with van der Waals surface area (Å²) in [5, 5.41) is 0. The molecule has 130 valence electrons. The van der Waals surface area contributed by atoms with E-state index in [1.807, 2.05) is 0 Å². The van der Waals surface area contributed by atoms with E-state index in [1.165, 1.54) is 38.4 Å². The van der Waals surface area contributed by atoms with Crippen LogP contribution in [0.4, 0.5) is 0 Å². The van der Waals surface area contributed by atoms with E-state index in [9.17, 15) is 8.42 Å². The fourth-order valence-electron chi connectivity index (χ4n) is 4.18. The molecule has 0 aromatic heterocycles. The summed E-state index contributed by atoms with van der Waals surface area (Å²) >= 11 is 0. The van der Waals surface area contributed by atoms with E-state index in [0.29, 0.717) is 5.41 Å². The molecule has 2 aliphatic rings. The monoisotopic (exact) mass is 332 g/mol. The number of methoxy groups -OCH3 is 1. The Morgan fingerprint density at radius 3 is 2.59 bits per heavy atom. The van der Waals surface area contributed by atoms with Crippen molar-refractivity contribution in [1.82, 2.24) is 9.62 Å². The molecule has 1 saturated heterocycles. The topological polar surface area (TPSA) is 58.6 Å². The van der Waals surface area contributed by atoms with Crippen molar-refractivity contribution in [2.24, 2.45) is 5.41 Å². The van der Waals surface area contributed by atoms with E-state index in [4.69, 9.17) is 4.74 Å². The lowest BCUT2D eigenvalue weighted by Crippen LogP contribution is -2.50. The van der Waals surface area contributed by atoms with E-state index >= 15 is 0 Å². The quantitative estimate of drug-likeness (QED) is 0.774. The van der Waals surface area contributed by atoms with Gasteiger partial charge >= 0.3 is 0 Å². The average molecular weight is 333 g/mol. The van der Waals surface area contributed by atoms with Gasteiger partial charge in [0.15, 0.2) is 0 Å². The molecule has 5 nitrogen and oxygen atoms in total. The first-order valence-corrected chi connectivity index (χ1v) is 10.5. The molecular formula is C16H32N2O3S. The van der Waals surface area contributed by atoms with Gasteiger partial charge in [-0.3, -0.25) is 0 Å². The molecule has 6 heteroatoms. The molecule has 2 fully saturated rings. The van der Waals surface area contributed by atoms with Crippen LogP contribution < -0.4 is 4.72 Å². The number of hydrogen-bond donors (Lipinski definition) is 1. The summed E-state index contributed by atoms with van der Waals surface area (Å²) in [6.45, 7) is 3.87. The average Bonchev–Trinajstić information content (AvgIpc) is 2.45. The van der Waals surface area contributed by atoms with Gasteiger partial charge in [-0.05, 0) is 44.1 Å². The number of hydrogen-bond acceptors (Lipinski definition) is 4. The van der Waals surface area contributed by atoms with E-state index < -0.39 is 10.0 Å². The molecule has 22 heavy (non-hydrogen) atoms. The minimum atomic E-state index is -3.11. The molecule has 0 aromatic carbocycles. The van der Waals surface area contributed by atoms with Crippen LogP contribution in [-0.4, -0.2) is 59.0 Å². The van der Waals surface area contributed by atoms with Crippen LogP contribution in [0.3, 0.4) is 0 Å². The normalized spacial score (nSPS) is 26.9. The van der Waals surface area contributed by atoms with Gasteiger partial charge in [0.1, 0.15) is 0 Å². The van der Waals surface area contributed by atoms with Gasteiger partial charge in [-0.15, -0.1) is 0 Å². The molecule has 1 heterocycles. The Bertz CT molecular complexity index is 433. The van der Waals surface area contributed by atoms with Gasteiger partial charge < -0.3 is 9.64 Å². The number of likely N-dealkylation sites (tertiary alicyclic amines) is 1. The highest BCUT2D eigenvalue weighted by molar-refractivity contribution is 7.88. The third-order valence-corrected chi connectivity index (χ3v) is 5.96. The van der Waals surface area contributed by atoms with Crippen molar-refractivity contribution in [2.45, 2.75) is 57.4 Å². The summed E-state index contributed by atoms with van der Waals surface area (Å²) in [7, 11) is -1.33. The van der Waals surface area contributed by atoms with Gasteiger partial charge in [0.2, 0.25) is 10.0 Å². The van der Waals surface area contributed by atoms with Crippen LogP contribution in [0, 0.1) is 5.41 Å². The Hall–Kier alpha value is -0.170. The first kappa shape index (κ1) is 18.2. The Labute approximate surface area is 135 Å². The maximum absolute atomic E-state index is 11.5. The minimum Gasteiger partial charge on any atom is -0.385 e. The molecule has 0 radical (unpaired) electrons. The number of piperidine rings is 1. The zero-order valence-corrected chi connectivity index (χ0v) is 15.0. The molecule has 0 unspecified atom stereocenters. The Kier molecular flexibility index (Phi) is 6.68. The van der Waals surface area contributed by atoms with Gasteiger partial charge in [0, 0.05) is 32.8 Å². The van der Waals surface area contributed by atoms with Crippen LogP contribution in [0.5, 0.6) is 0 Å². The predicted molar refractivity (Wildman–Crippen MR) is 89.5 cm³/mol. The Morgan fingerprint density at radius 1 is 1.23 bits per heavy atom. The van der Waals surface area contributed by atoms with E-state index in [2.05, 4.69) is 9.62 Å². The van der Waals surface area contributed by atoms with E-state index in [0.717, 1.165) is 45.5 Å². The van der Waals surface area contributed by atoms with Crippen molar-refractivity contribution >= 4 is 10.0 Å². The maximum Gasteiger partial charge on any atom is 0.208 e. The van der Waals surface area contributed by atoms with Gasteiger partial charge in [-0.2, -0.15) is 0 Å². The Morgan fingerprint density at radius 2 is 1.95 bits per heavy atom. The van der Waals surface area contributed by atoms with Crippen molar-refractivity contribution in [3.05, 3.63) is 0 Å². The van der Waals surface area contributed by atoms with Crippen molar-refractivity contribution in [3.63, 3.8) is 0 Å². The third-order valence-electron chi connectivity index (χ3n) is 5.20. The highest BCUT2D eigenvalue weighted by atomic mass is 32.2. The molecular weight excluding hydrogens is 300 g/mol. The second-order valence-corrected chi connectivity index (χ2v) is 9.05. The van der Waals surface area contributed by atoms with Crippen LogP contribution in [0.1, 0.15) is 51.4 Å². The van der Waals surface area contributed by atoms with Gasteiger partial charge in [0.05, 0.1) is 6.26 Å². The highest BCUT2D eigenvalue weighted by Crippen LogP contribution is 2.40. The minimum absolute atomic E-state index is 0.0758. The zero-order chi connectivity index (χ0) is 16.1. The summed E-state index contributed by atoms with van der Waals surface area (Å²) in [4.78, 5) is 2.48. The fourth-order valence-corrected chi connectivity index (χ4v) is 4.98. The standard InChI is InChI=1S/C16H32N2O3S/c1-21-12-10-16(8-4-3-5-9-16)14-18-11-6-7-15(13-18)17-22(2,19)20/h15,17H,3-14H2,1-2H3/t15-/m1/s1. The van der Waals surface area contributed by atoms with Crippen LogP contribution in [0.15, 0.2) is 0 Å². The lowest BCUT2D eigenvalue weighted by molar-refractivity contribution is 0.0502. The summed E-state index contributed by atoms with van der Waals surface area (Å²) in [5.74, 6) is 0. The number of rotatable bonds is 7. The molecule has 1 atom stereocenters. The number of ether oxygens (including phenoxy) is 1. The lowest BCUT2D eigenvalue weighted by atomic mass is 9.71. The second-order valence-electron chi connectivity index (χ2n) is 7.27. The number of sulfonamides is 1. The lowest BCUT2D eigenvalue weighted by Gasteiger charge is -2.43. The molecule has 0 amide bonds. The largest absolute Gasteiger partial charge is 0.385 e. The van der Waals surface area contributed by atoms with Crippen molar-refractivity contribution in [1.29, 1.82) is 0 Å². The molecule has 0 bridgehead atoms. The highest BCUT2D eigenvalue weighted by Gasteiger charge is 2.35. The summed E-state index contributed by atoms with van der Waals surface area (Å²) in [5.41, 5.74) is 0.376. The molecule has 1 aliphatic carbocycles. The predicted octanol–water partition coefficient (Wildman–Crippen LogP) is 1.99. The first-order chi connectivity index (χ1) is 10.4. The van der Waals surface area contributed by atoms with Crippen LogP contribution in [0.2, 0.25) is 0 Å². The zero-order valence-electron chi connectivity index (χ0n) is 14.1. The fraction of sp³-hybridized carbons (Fsp3) is 1.00.